The molecular formula is C23H29N3O3. The minimum absolute atomic E-state index is 0.107. The Morgan fingerprint density at radius 1 is 1.03 bits per heavy atom. The lowest BCUT2D eigenvalue weighted by molar-refractivity contribution is -0.139. The van der Waals surface area contributed by atoms with E-state index in [-0.39, 0.29) is 12.1 Å². The molecule has 6 nitrogen and oxygen atoms in total. The molecule has 0 saturated heterocycles. The molecule has 2 heterocycles. The maximum absolute atomic E-state index is 12.4. The van der Waals surface area contributed by atoms with E-state index in [0.717, 1.165) is 51.0 Å². The summed E-state index contributed by atoms with van der Waals surface area (Å²) in [7, 11) is 0. The molecule has 6 heteroatoms. The van der Waals surface area contributed by atoms with Crippen LogP contribution >= 0.6 is 0 Å². The summed E-state index contributed by atoms with van der Waals surface area (Å²) in [5, 5.41) is 5.71. The van der Waals surface area contributed by atoms with Crippen molar-refractivity contribution in [2.75, 3.05) is 13.1 Å². The second-order valence-corrected chi connectivity index (χ2v) is 8.04. The molecule has 1 saturated carbocycles. The Morgan fingerprint density at radius 2 is 1.83 bits per heavy atom. The molecule has 1 atom stereocenters. The van der Waals surface area contributed by atoms with Crippen molar-refractivity contribution < 1.29 is 14.0 Å². The van der Waals surface area contributed by atoms with Crippen LogP contribution in [0, 0.1) is 0 Å². The smallest absolute Gasteiger partial charge is 0.309 e. The molecule has 0 bridgehead atoms. The molecule has 2 aromatic rings. The number of nitrogens with one attached hydrogen (secondary N) is 2. The number of carbonyl (C=O) groups is 2. The molecule has 0 radical (unpaired) electrons. The molecule has 2 aliphatic rings. The third-order valence-electron chi connectivity index (χ3n) is 6.08. The van der Waals surface area contributed by atoms with Gasteiger partial charge in [0.25, 0.3) is 0 Å². The Kier molecular flexibility index (Phi) is 6.30. The van der Waals surface area contributed by atoms with Gasteiger partial charge in [0.05, 0.1) is 12.3 Å². The van der Waals surface area contributed by atoms with Gasteiger partial charge in [-0.2, -0.15) is 0 Å². The van der Waals surface area contributed by atoms with Crippen molar-refractivity contribution in [3.05, 3.63) is 59.5 Å². The summed E-state index contributed by atoms with van der Waals surface area (Å²) in [6.45, 7) is 2.02. The van der Waals surface area contributed by atoms with Crippen LogP contribution in [0.2, 0.25) is 0 Å². The third-order valence-corrected chi connectivity index (χ3v) is 6.08. The van der Waals surface area contributed by atoms with Crippen LogP contribution in [0.3, 0.4) is 0 Å². The van der Waals surface area contributed by atoms with Gasteiger partial charge in [0.15, 0.2) is 0 Å². The highest BCUT2D eigenvalue weighted by Crippen LogP contribution is 2.28. The van der Waals surface area contributed by atoms with Crippen molar-refractivity contribution in [3.63, 3.8) is 0 Å². The van der Waals surface area contributed by atoms with Crippen molar-refractivity contribution in [1.82, 2.24) is 15.5 Å². The SMILES string of the molecule is O=C(NCC(c1ccco1)N1CCc2ccccc2C1)C(=O)NC1CCCCC1. The van der Waals surface area contributed by atoms with Crippen LogP contribution < -0.4 is 10.6 Å². The van der Waals surface area contributed by atoms with Gasteiger partial charge in [0.2, 0.25) is 0 Å². The zero-order chi connectivity index (χ0) is 20.1. The second-order valence-electron chi connectivity index (χ2n) is 8.04. The van der Waals surface area contributed by atoms with Gasteiger partial charge in [-0.15, -0.1) is 0 Å². The number of benzene rings is 1. The van der Waals surface area contributed by atoms with Gasteiger partial charge in [-0.25, -0.2) is 0 Å². The molecule has 1 aromatic carbocycles. The molecule has 2 amide bonds. The van der Waals surface area contributed by atoms with Crippen LogP contribution in [-0.4, -0.2) is 35.8 Å². The monoisotopic (exact) mass is 395 g/mol. The zero-order valence-corrected chi connectivity index (χ0v) is 16.7. The van der Waals surface area contributed by atoms with Crippen molar-refractivity contribution in [1.29, 1.82) is 0 Å². The van der Waals surface area contributed by atoms with E-state index in [9.17, 15) is 9.59 Å². The first-order valence-corrected chi connectivity index (χ1v) is 10.6. The fraction of sp³-hybridized carbons (Fsp3) is 0.478. The van der Waals surface area contributed by atoms with E-state index >= 15 is 0 Å². The van der Waals surface area contributed by atoms with E-state index in [0.29, 0.717) is 6.54 Å². The van der Waals surface area contributed by atoms with E-state index in [2.05, 4.69) is 39.8 Å². The lowest BCUT2D eigenvalue weighted by Crippen LogP contribution is -2.47. The van der Waals surface area contributed by atoms with Gasteiger partial charge >= 0.3 is 11.8 Å². The quantitative estimate of drug-likeness (QED) is 0.764. The number of amides is 2. The van der Waals surface area contributed by atoms with Crippen molar-refractivity contribution in [2.24, 2.45) is 0 Å². The van der Waals surface area contributed by atoms with Gasteiger partial charge in [-0.1, -0.05) is 43.5 Å². The molecule has 1 aliphatic carbocycles. The van der Waals surface area contributed by atoms with Gasteiger partial charge in [0.1, 0.15) is 5.76 Å². The molecule has 1 fully saturated rings. The second kappa shape index (κ2) is 9.27. The molecule has 1 aromatic heterocycles. The summed E-state index contributed by atoms with van der Waals surface area (Å²) in [5.74, 6) is -0.291. The molecule has 1 aliphatic heterocycles. The number of carbonyl (C=O) groups excluding carboxylic acids is 2. The molecule has 1 unspecified atom stereocenters. The van der Waals surface area contributed by atoms with Crippen molar-refractivity contribution in [2.45, 2.75) is 57.2 Å². The average Bonchev–Trinajstić information content (AvgIpc) is 3.29. The van der Waals surface area contributed by atoms with Gasteiger partial charge in [0, 0.05) is 25.7 Å². The lowest BCUT2D eigenvalue weighted by Gasteiger charge is -2.34. The first-order valence-electron chi connectivity index (χ1n) is 10.6. The highest BCUT2D eigenvalue weighted by atomic mass is 16.3. The molecule has 2 N–H and O–H groups in total. The van der Waals surface area contributed by atoms with Crippen LogP contribution in [0.4, 0.5) is 0 Å². The fourth-order valence-corrected chi connectivity index (χ4v) is 4.44. The Balaban J connectivity index is 1.38. The Morgan fingerprint density at radius 3 is 2.59 bits per heavy atom. The predicted molar refractivity (Wildman–Crippen MR) is 110 cm³/mol. The van der Waals surface area contributed by atoms with Crippen LogP contribution in [-0.2, 0) is 22.6 Å². The summed E-state index contributed by atoms with van der Waals surface area (Å²) < 4.78 is 5.66. The topological polar surface area (TPSA) is 74.6 Å². The van der Waals surface area contributed by atoms with E-state index in [1.807, 2.05) is 12.1 Å². The van der Waals surface area contributed by atoms with Crippen LogP contribution in [0.5, 0.6) is 0 Å². The van der Waals surface area contributed by atoms with E-state index in [1.165, 1.54) is 17.5 Å². The molecule has 0 spiro atoms. The van der Waals surface area contributed by atoms with Crippen LogP contribution in [0.25, 0.3) is 0 Å². The van der Waals surface area contributed by atoms with Crippen molar-refractivity contribution >= 4 is 11.8 Å². The Labute approximate surface area is 171 Å². The summed E-state index contributed by atoms with van der Waals surface area (Å²) in [5.41, 5.74) is 2.68. The number of rotatable bonds is 5. The number of fused-ring (bicyclic) bond motifs is 1. The molecule has 29 heavy (non-hydrogen) atoms. The summed E-state index contributed by atoms with van der Waals surface area (Å²) >= 11 is 0. The Hall–Kier alpha value is -2.60. The zero-order valence-electron chi connectivity index (χ0n) is 16.7. The molecule has 4 rings (SSSR count). The number of nitrogens with zero attached hydrogens (tertiary/aromatic N) is 1. The summed E-state index contributed by atoms with van der Waals surface area (Å²) in [4.78, 5) is 27.0. The number of hydrogen-bond donors (Lipinski definition) is 2. The van der Waals surface area contributed by atoms with Crippen molar-refractivity contribution in [3.8, 4) is 0 Å². The highest BCUT2D eigenvalue weighted by Gasteiger charge is 2.28. The van der Waals surface area contributed by atoms with Crippen LogP contribution in [0.15, 0.2) is 47.1 Å². The van der Waals surface area contributed by atoms with E-state index < -0.39 is 11.8 Å². The van der Waals surface area contributed by atoms with Gasteiger partial charge in [-0.05, 0) is 42.5 Å². The normalized spacial score (nSPS) is 18.6. The van der Waals surface area contributed by atoms with E-state index in [1.54, 1.807) is 6.26 Å². The van der Waals surface area contributed by atoms with Gasteiger partial charge in [-0.3, -0.25) is 14.5 Å². The standard InChI is InChI=1S/C23H29N3O3/c27-22(23(28)25-19-9-2-1-3-10-19)24-15-20(21-11-6-14-29-21)26-13-12-17-7-4-5-8-18(17)16-26/h4-8,11,14,19-20H,1-3,9-10,12-13,15-16H2,(H,24,27)(H,25,28). The average molecular weight is 396 g/mol. The van der Waals surface area contributed by atoms with Gasteiger partial charge < -0.3 is 15.1 Å². The highest BCUT2D eigenvalue weighted by molar-refractivity contribution is 6.35. The van der Waals surface area contributed by atoms with E-state index in [4.69, 9.17) is 4.42 Å². The fourth-order valence-electron chi connectivity index (χ4n) is 4.44. The summed E-state index contributed by atoms with van der Waals surface area (Å²) in [6, 6.07) is 12.3. The minimum Gasteiger partial charge on any atom is -0.468 e. The minimum atomic E-state index is -0.565. The first kappa shape index (κ1) is 19.7. The predicted octanol–water partition coefficient (Wildman–Crippen LogP) is 2.94. The Bertz CT molecular complexity index is 828. The number of furan rings is 1. The number of hydrogen-bond acceptors (Lipinski definition) is 4. The summed E-state index contributed by atoms with van der Waals surface area (Å²) in [6.07, 6.45) is 7.97. The third kappa shape index (κ3) is 4.88. The molecule has 154 valence electrons. The molecular weight excluding hydrogens is 366 g/mol. The lowest BCUT2D eigenvalue weighted by atomic mass is 9.95. The first-order chi connectivity index (χ1) is 14.2. The largest absolute Gasteiger partial charge is 0.468 e. The maximum atomic E-state index is 12.4. The maximum Gasteiger partial charge on any atom is 0.309 e. The van der Waals surface area contributed by atoms with Crippen LogP contribution in [0.1, 0.15) is 55.0 Å².